The summed E-state index contributed by atoms with van der Waals surface area (Å²) in [6.45, 7) is 6.63. The Morgan fingerprint density at radius 2 is 1.24 bits per heavy atom. The van der Waals surface area contributed by atoms with E-state index in [0.717, 1.165) is 37.9 Å². The summed E-state index contributed by atoms with van der Waals surface area (Å²) in [4.78, 5) is -0.284. The molecule has 0 amide bonds. The van der Waals surface area contributed by atoms with Crippen molar-refractivity contribution in [1.29, 1.82) is 0 Å². The zero-order valence-corrected chi connectivity index (χ0v) is 24.6. The van der Waals surface area contributed by atoms with E-state index < -0.39 is 10.1 Å². The number of hydrogen-bond acceptors (Lipinski definition) is 6. The summed E-state index contributed by atoms with van der Waals surface area (Å²) in [5, 5.41) is 0. The summed E-state index contributed by atoms with van der Waals surface area (Å²) >= 11 is 0. The number of unbranched alkanes of at least 4 members (excludes halogenated alkanes) is 10. The van der Waals surface area contributed by atoms with Gasteiger partial charge in [0.25, 0.3) is 0 Å². The van der Waals surface area contributed by atoms with Crippen molar-refractivity contribution in [3.63, 3.8) is 0 Å². The van der Waals surface area contributed by atoms with Crippen molar-refractivity contribution in [2.45, 2.75) is 102 Å². The number of hydrogen-bond donors (Lipinski definition) is 0. The van der Waals surface area contributed by atoms with Crippen LogP contribution in [0.3, 0.4) is 0 Å². The Morgan fingerprint density at radius 1 is 0.706 bits per heavy atom. The van der Waals surface area contributed by atoms with E-state index in [1.54, 1.807) is 6.07 Å². The maximum Gasteiger partial charge on any atom is 1.00 e. The van der Waals surface area contributed by atoms with Crippen LogP contribution in [-0.2, 0) is 26.0 Å². The summed E-state index contributed by atoms with van der Waals surface area (Å²) in [6.07, 6.45) is 15.2. The first kappa shape index (κ1) is 33.8. The minimum atomic E-state index is -4.60. The second-order valence-corrected chi connectivity index (χ2v) is 9.94. The number of rotatable bonds is 22. The molecule has 0 bridgehead atoms. The quantitative estimate of drug-likeness (QED) is 0.136. The molecule has 0 atom stereocenters. The molecule has 0 aliphatic heterocycles. The molecule has 6 nitrogen and oxygen atoms in total. The topological polar surface area (TPSA) is 84.9 Å². The van der Waals surface area contributed by atoms with Gasteiger partial charge >= 0.3 is 29.6 Å². The third-order valence-corrected chi connectivity index (χ3v) is 6.45. The second-order valence-electron chi connectivity index (χ2n) is 8.59. The summed E-state index contributed by atoms with van der Waals surface area (Å²) in [7, 11) is -4.60. The monoisotopic (exact) mass is 508 g/mol. The zero-order chi connectivity index (χ0) is 24.2. The molecule has 0 aromatic heterocycles. The third kappa shape index (κ3) is 17.3. The molecule has 192 valence electrons. The molecule has 1 rings (SSSR count). The van der Waals surface area contributed by atoms with Crippen molar-refractivity contribution in [1.82, 2.24) is 0 Å². The van der Waals surface area contributed by atoms with E-state index in [2.05, 4.69) is 13.8 Å². The minimum Gasteiger partial charge on any atom is -0.744 e. The average Bonchev–Trinajstić information content (AvgIpc) is 2.79. The summed E-state index contributed by atoms with van der Waals surface area (Å²) < 4.78 is 51.7. The molecule has 0 aliphatic carbocycles. The molecule has 0 N–H and O–H groups in total. The largest absolute Gasteiger partial charge is 1.00 e. The number of ether oxygens (including phenoxy) is 3. The predicted molar refractivity (Wildman–Crippen MR) is 132 cm³/mol. The summed E-state index contributed by atoms with van der Waals surface area (Å²) in [5.41, 5.74) is 0.853. The van der Waals surface area contributed by atoms with Gasteiger partial charge in [0.2, 0.25) is 0 Å². The van der Waals surface area contributed by atoms with E-state index in [-0.39, 0.29) is 46.8 Å². The molecule has 0 radical (unpaired) electrons. The van der Waals surface area contributed by atoms with Crippen LogP contribution in [0.4, 0.5) is 0 Å². The van der Waals surface area contributed by atoms with Crippen molar-refractivity contribution in [3.8, 4) is 5.75 Å². The maximum atomic E-state index is 11.7. The number of benzene rings is 1. The van der Waals surface area contributed by atoms with Gasteiger partial charge in [-0.1, -0.05) is 84.1 Å². The molecule has 0 unspecified atom stereocenters. The average molecular weight is 509 g/mol. The first-order valence-electron chi connectivity index (χ1n) is 12.9. The van der Waals surface area contributed by atoms with Gasteiger partial charge in [0.15, 0.2) is 0 Å². The minimum absolute atomic E-state index is 0. The van der Waals surface area contributed by atoms with Crippen molar-refractivity contribution in [2.24, 2.45) is 0 Å². The van der Waals surface area contributed by atoms with Gasteiger partial charge in [-0.3, -0.25) is 0 Å². The van der Waals surface area contributed by atoms with Crippen LogP contribution >= 0.6 is 0 Å². The van der Waals surface area contributed by atoms with Gasteiger partial charge < -0.3 is 18.8 Å². The SMILES string of the molecule is CCCCCCCCOCCOCCOc1ccc(CCCCCCCC)cc1S(=O)(=O)[O-].[Na+]. The first-order chi connectivity index (χ1) is 16.0. The van der Waals surface area contributed by atoms with E-state index >= 15 is 0 Å². The van der Waals surface area contributed by atoms with E-state index in [9.17, 15) is 13.0 Å². The van der Waals surface area contributed by atoms with Crippen molar-refractivity contribution < 1.29 is 56.7 Å². The van der Waals surface area contributed by atoms with Crippen LogP contribution in [0.5, 0.6) is 5.75 Å². The van der Waals surface area contributed by atoms with E-state index in [0.29, 0.717) is 19.8 Å². The number of aryl methyl sites for hydroxylation is 1. The van der Waals surface area contributed by atoms with Crippen LogP contribution in [0.1, 0.15) is 96.5 Å². The molecule has 0 saturated carbocycles. The fraction of sp³-hybridized carbons (Fsp3) is 0.769. The Morgan fingerprint density at radius 3 is 1.85 bits per heavy atom. The Kier molecular flexibility index (Phi) is 22.0. The van der Waals surface area contributed by atoms with Crippen LogP contribution in [0.2, 0.25) is 0 Å². The van der Waals surface area contributed by atoms with Crippen molar-refractivity contribution in [2.75, 3.05) is 33.0 Å². The fourth-order valence-electron chi connectivity index (χ4n) is 3.65. The van der Waals surface area contributed by atoms with Gasteiger partial charge in [-0.05, 0) is 37.0 Å². The fourth-order valence-corrected chi connectivity index (χ4v) is 4.32. The Hall–Kier alpha value is -0.150. The van der Waals surface area contributed by atoms with Gasteiger partial charge in [0.05, 0.1) is 24.7 Å². The van der Waals surface area contributed by atoms with Crippen molar-refractivity contribution >= 4 is 10.1 Å². The molecular weight excluding hydrogens is 463 g/mol. The Bertz CT molecular complexity index is 711. The Labute approximate surface area is 230 Å². The first-order valence-corrected chi connectivity index (χ1v) is 14.3. The third-order valence-electron chi connectivity index (χ3n) is 5.60. The second kappa shape index (κ2) is 22.1. The van der Waals surface area contributed by atoms with Crippen LogP contribution in [0.25, 0.3) is 0 Å². The molecule has 0 saturated heterocycles. The molecule has 8 heteroatoms. The van der Waals surface area contributed by atoms with Crippen LogP contribution in [-0.4, -0.2) is 46.0 Å². The van der Waals surface area contributed by atoms with E-state index in [1.165, 1.54) is 63.9 Å². The zero-order valence-electron chi connectivity index (χ0n) is 21.8. The summed E-state index contributed by atoms with van der Waals surface area (Å²) in [5.74, 6) is 0.0969. The normalized spacial score (nSPS) is 11.4. The van der Waals surface area contributed by atoms with Crippen LogP contribution in [0, 0.1) is 0 Å². The molecule has 0 aliphatic rings. The summed E-state index contributed by atoms with van der Waals surface area (Å²) in [6, 6.07) is 4.88. The standard InChI is InChI=1S/C26H46O6S.Na/c1-3-5-7-9-11-13-15-24-16-17-25(26(23-24)33(27,28)29)32-22-21-31-20-19-30-18-14-12-10-8-6-4-2;/h16-17,23H,3-15,18-22H2,1-2H3,(H,27,28,29);/q;+1/p-1. The van der Waals surface area contributed by atoms with Gasteiger partial charge in [0, 0.05) is 6.61 Å². The molecule has 1 aromatic rings. The molecule has 1 aromatic carbocycles. The van der Waals surface area contributed by atoms with Gasteiger partial charge in [0.1, 0.15) is 22.5 Å². The molecule has 0 spiro atoms. The van der Waals surface area contributed by atoms with Crippen LogP contribution in [0.15, 0.2) is 23.1 Å². The molecule has 0 fully saturated rings. The van der Waals surface area contributed by atoms with Gasteiger partial charge in [-0.15, -0.1) is 0 Å². The van der Waals surface area contributed by atoms with Crippen molar-refractivity contribution in [3.05, 3.63) is 23.8 Å². The van der Waals surface area contributed by atoms with E-state index in [4.69, 9.17) is 14.2 Å². The maximum absolute atomic E-state index is 11.7. The smallest absolute Gasteiger partial charge is 0.744 e. The van der Waals surface area contributed by atoms with Crippen LogP contribution < -0.4 is 34.3 Å². The van der Waals surface area contributed by atoms with Gasteiger partial charge in [-0.2, -0.15) is 0 Å². The van der Waals surface area contributed by atoms with Gasteiger partial charge in [-0.25, -0.2) is 8.42 Å². The molecule has 0 heterocycles. The molecule has 34 heavy (non-hydrogen) atoms. The molecular formula is C26H45NaO6S. The van der Waals surface area contributed by atoms with E-state index in [1.807, 2.05) is 6.07 Å². The Balaban J connectivity index is 0.0000109. The predicted octanol–water partition coefficient (Wildman–Crippen LogP) is 3.27.